The Morgan fingerprint density at radius 3 is 2.65 bits per heavy atom. The Hall–Kier alpha value is -1.55. The van der Waals surface area contributed by atoms with Crippen LogP contribution in [-0.2, 0) is 4.74 Å². The molecule has 1 aromatic carbocycles. The second-order valence-corrected chi connectivity index (χ2v) is 3.60. The first-order valence-electron chi connectivity index (χ1n) is 5.85. The average molecular weight is 237 g/mol. The van der Waals surface area contributed by atoms with Gasteiger partial charge in [0.25, 0.3) is 0 Å². The Morgan fingerprint density at radius 2 is 2.06 bits per heavy atom. The van der Waals surface area contributed by atoms with E-state index < -0.39 is 5.97 Å². The summed E-state index contributed by atoms with van der Waals surface area (Å²) in [4.78, 5) is 13.1. The molecule has 0 spiro atoms. The monoisotopic (exact) mass is 237 g/mol. The van der Waals surface area contributed by atoms with E-state index in [1.165, 1.54) is 0 Å². The molecule has 0 saturated heterocycles. The molecule has 1 aromatic rings. The third-order valence-corrected chi connectivity index (χ3v) is 2.57. The van der Waals surface area contributed by atoms with Gasteiger partial charge >= 0.3 is 5.97 Å². The molecule has 17 heavy (non-hydrogen) atoms. The first-order chi connectivity index (χ1) is 8.20. The van der Waals surface area contributed by atoms with Crippen molar-refractivity contribution < 1.29 is 14.6 Å². The quantitative estimate of drug-likeness (QED) is 0.739. The van der Waals surface area contributed by atoms with Crippen LogP contribution in [0.5, 0.6) is 0 Å². The highest BCUT2D eigenvalue weighted by Crippen LogP contribution is 2.19. The maximum Gasteiger partial charge on any atom is 0.337 e. The van der Waals surface area contributed by atoms with E-state index in [0.717, 1.165) is 12.2 Å². The fourth-order valence-corrected chi connectivity index (χ4v) is 1.70. The molecule has 94 valence electrons. The van der Waals surface area contributed by atoms with Crippen molar-refractivity contribution in [3.8, 4) is 0 Å². The molecular formula is C13H19NO3. The van der Waals surface area contributed by atoms with Crippen LogP contribution in [0.1, 0.15) is 24.2 Å². The first kappa shape index (κ1) is 13.5. The normalized spacial score (nSPS) is 10.2. The van der Waals surface area contributed by atoms with Crippen LogP contribution in [0.2, 0.25) is 0 Å². The zero-order valence-corrected chi connectivity index (χ0v) is 10.3. The van der Waals surface area contributed by atoms with E-state index in [1.54, 1.807) is 12.1 Å². The summed E-state index contributed by atoms with van der Waals surface area (Å²) in [6.45, 7) is 6.70. The lowest BCUT2D eigenvalue weighted by molar-refractivity contribution is 0.0697. The van der Waals surface area contributed by atoms with Gasteiger partial charge in [0.05, 0.1) is 17.9 Å². The molecule has 0 saturated carbocycles. The fourth-order valence-electron chi connectivity index (χ4n) is 1.70. The Labute approximate surface area is 102 Å². The van der Waals surface area contributed by atoms with E-state index in [9.17, 15) is 4.79 Å². The summed E-state index contributed by atoms with van der Waals surface area (Å²) in [6, 6.07) is 7.05. The second-order valence-electron chi connectivity index (χ2n) is 3.60. The lowest BCUT2D eigenvalue weighted by Gasteiger charge is -2.24. The minimum atomic E-state index is -0.893. The van der Waals surface area contributed by atoms with Crippen molar-refractivity contribution in [3.63, 3.8) is 0 Å². The lowest BCUT2D eigenvalue weighted by Crippen LogP contribution is -2.28. The largest absolute Gasteiger partial charge is 0.478 e. The van der Waals surface area contributed by atoms with Gasteiger partial charge in [-0.05, 0) is 26.0 Å². The van der Waals surface area contributed by atoms with Crippen LogP contribution in [0.25, 0.3) is 0 Å². The summed E-state index contributed by atoms with van der Waals surface area (Å²) in [6.07, 6.45) is 0. The van der Waals surface area contributed by atoms with E-state index in [0.29, 0.717) is 25.3 Å². The number of anilines is 1. The molecule has 1 N–H and O–H groups in total. The topological polar surface area (TPSA) is 49.8 Å². The molecule has 0 heterocycles. The summed E-state index contributed by atoms with van der Waals surface area (Å²) in [7, 11) is 0. The lowest BCUT2D eigenvalue weighted by atomic mass is 10.1. The van der Waals surface area contributed by atoms with Crippen LogP contribution in [0, 0.1) is 0 Å². The summed E-state index contributed by atoms with van der Waals surface area (Å²) in [5.41, 5.74) is 1.09. The van der Waals surface area contributed by atoms with Gasteiger partial charge in [-0.3, -0.25) is 0 Å². The zero-order chi connectivity index (χ0) is 12.7. The van der Waals surface area contributed by atoms with Gasteiger partial charge in [0.1, 0.15) is 0 Å². The van der Waals surface area contributed by atoms with Crippen molar-refractivity contribution in [1.29, 1.82) is 0 Å². The van der Waals surface area contributed by atoms with Crippen LogP contribution in [0.4, 0.5) is 5.69 Å². The maximum atomic E-state index is 11.1. The third-order valence-electron chi connectivity index (χ3n) is 2.57. The Bertz CT molecular complexity index is 365. The average Bonchev–Trinajstić information content (AvgIpc) is 2.35. The van der Waals surface area contributed by atoms with Crippen LogP contribution < -0.4 is 4.90 Å². The number of carboxylic acids is 1. The number of benzene rings is 1. The Kier molecular flexibility index (Phi) is 5.49. The minimum absolute atomic E-state index is 0.339. The highest BCUT2D eigenvalue weighted by atomic mass is 16.5. The third kappa shape index (κ3) is 3.75. The standard InChI is InChI=1S/C13H19NO3/c1-3-14(9-10-17-4-2)12-8-6-5-7-11(12)13(15)16/h5-8H,3-4,9-10H2,1-2H3,(H,15,16). The van der Waals surface area contributed by atoms with Crippen LogP contribution in [0.15, 0.2) is 24.3 Å². The molecule has 4 heteroatoms. The van der Waals surface area contributed by atoms with Crippen LogP contribution in [0.3, 0.4) is 0 Å². The number of aromatic carboxylic acids is 1. The van der Waals surface area contributed by atoms with Crippen molar-refractivity contribution in [1.82, 2.24) is 0 Å². The molecule has 0 aliphatic rings. The number of carboxylic acid groups (broad SMARTS) is 1. The Morgan fingerprint density at radius 1 is 1.35 bits per heavy atom. The molecule has 1 rings (SSSR count). The van der Waals surface area contributed by atoms with Gasteiger partial charge in [0.15, 0.2) is 0 Å². The molecule has 0 fully saturated rings. The number of nitrogens with zero attached hydrogens (tertiary/aromatic N) is 1. The molecule has 0 unspecified atom stereocenters. The molecule has 0 bridgehead atoms. The number of hydrogen-bond acceptors (Lipinski definition) is 3. The van der Waals surface area contributed by atoms with E-state index >= 15 is 0 Å². The van der Waals surface area contributed by atoms with Crippen LogP contribution >= 0.6 is 0 Å². The van der Waals surface area contributed by atoms with E-state index in [2.05, 4.69) is 0 Å². The molecule has 0 aromatic heterocycles. The molecule has 4 nitrogen and oxygen atoms in total. The number of hydrogen-bond donors (Lipinski definition) is 1. The van der Waals surface area contributed by atoms with Gasteiger partial charge in [0.2, 0.25) is 0 Å². The summed E-state index contributed by atoms with van der Waals surface area (Å²) in [5, 5.41) is 9.12. The fraction of sp³-hybridized carbons (Fsp3) is 0.462. The molecule has 0 amide bonds. The van der Waals surface area contributed by atoms with Gasteiger partial charge in [0, 0.05) is 19.7 Å². The van der Waals surface area contributed by atoms with Crippen molar-refractivity contribution in [2.45, 2.75) is 13.8 Å². The van der Waals surface area contributed by atoms with Crippen molar-refractivity contribution in [3.05, 3.63) is 29.8 Å². The highest BCUT2D eigenvalue weighted by Gasteiger charge is 2.13. The number of likely N-dealkylation sites (N-methyl/N-ethyl adjacent to an activating group) is 1. The SMILES string of the molecule is CCOCCN(CC)c1ccccc1C(=O)O. The Balaban J connectivity index is 2.83. The van der Waals surface area contributed by atoms with Crippen molar-refractivity contribution in [2.75, 3.05) is 31.2 Å². The summed E-state index contributed by atoms with van der Waals surface area (Å²) >= 11 is 0. The van der Waals surface area contributed by atoms with Gasteiger partial charge in [-0.2, -0.15) is 0 Å². The highest BCUT2D eigenvalue weighted by molar-refractivity contribution is 5.94. The first-order valence-corrected chi connectivity index (χ1v) is 5.85. The van der Waals surface area contributed by atoms with Gasteiger partial charge in [-0.1, -0.05) is 12.1 Å². The maximum absolute atomic E-state index is 11.1. The molecular weight excluding hydrogens is 218 g/mol. The second kappa shape index (κ2) is 6.91. The summed E-state index contributed by atoms with van der Waals surface area (Å²) in [5.74, 6) is -0.893. The smallest absolute Gasteiger partial charge is 0.337 e. The minimum Gasteiger partial charge on any atom is -0.478 e. The molecule has 0 radical (unpaired) electrons. The number of rotatable bonds is 7. The number of para-hydroxylation sites is 1. The van der Waals surface area contributed by atoms with E-state index in [4.69, 9.17) is 9.84 Å². The van der Waals surface area contributed by atoms with Gasteiger partial charge < -0.3 is 14.7 Å². The van der Waals surface area contributed by atoms with Crippen LogP contribution in [-0.4, -0.2) is 37.4 Å². The zero-order valence-electron chi connectivity index (χ0n) is 10.3. The predicted octanol–water partition coefficient (Wildman–Crippen LogP) is 2.25. The van der Waals surface area contributed by atoms with Gasteiger partial charge in [-0.15, -0.1) is 0 Å². The van der Waals surface area contributed by atoms with Gasteiger partial charge in [-0.25, -0.2) is 4.79 Å². The molecule has 0 atom stereocenters. The molecule has 0 aliphatic carbocycles. The number of carbonyl (C=O) groups is 1. The van der Waals surface area contributed by atoms with Crippen molar-refractivity contribution in [2.24, 2.45) is 0 Å². The molecule has 0 aliphatic heterocycles. The predicted molar refractivity (Wildman–Crippen MR) is 67.8 cm³/mol. The number of ether oxygens (including phenoxy) is 1. The van der Waals surface area contributed by atoms with E-state index in [-0.39, 0.29) is 0 Å². The van der Waals surface area contributed by atoms with Crippen molar-refractivity contribution >= 4 is 11.7 Å². The van der Waals surface area contributed by atoms with E-state index in [1.807, 2.05) is 30.9 Å². The summed E-state index contributed by atoms with van der Waals surface area (Å²) < 4.78 is 5.30.